The van der Waals surface area contributed by atoms with E-state index >= 15 is 0 Å². The van der Waals surface area contributed by atoms with Gasteiger partial charge in [-0.2, -0.15) is 0 Å². The van der Waals surface area contributed by atoms with E-state index in [2.05, 4.69) is 5.32 Å². The van der Waals surface area contributed by atoms with Crippen molar-refractivity contribution in [2.24, 2.45) is 11.1 Å². The van der Waals surface area contributed by atoms with Gasteiger partial charge in [-0.25, -0.2) is 13.6 Å². The molecule has 2 unspecified atom stereocenters. The molecule has 1 fully saturated rings. The van der Waals surface area contributed by atoms with Crippen LogP contribution in [0.3, 0.4) is 0 Å². The number of furan rings is 1. The van der Waals surface area contributed by atoms with Gasteiger partial charge in [-0.3, -0.25) is 4.79 Å². The molecule has 1 aliphatic heterocycles. The van der Waals surface area contributed by atoms with E-state index < -0.39 is 15.9 Å². The molecule has 1 amide bonds. The summed E-state index contributed by atoms with van der Waals surface area (Å²) in [6, 6.07) is 1.08. The second-order valence-corrected chi connectivity index (χ2v) is 6.49. The third-order valence-corrected chi connectivity index (χ3v) is 4.45. The molecule has 1 aromatic rings. The predicted molar refractivity (Wildman–Crippen MR) is 70.7 cm³/mol. The van der Waals surface area contributed by atoms with Crippen molar-refractivity contribution in [1.82, 2.24) is 5.32 Å². The van der Waals surface area contributed by atoms with Crippen molar-refractivity contribution in [3.05, 3.63) is 17.6 Å². The Balaban J connectivity index is 2.10. The maximum Gasteiger partial charge on any atom is 0.287 e. The van der Waals surface area contributed by atoms with E-state index in [0.29, 0.717) is 13.2 Å². The number of aryl methyl sites for hydroxylation is 1. The van der Waals surface area contributed by atoms with E-state index in [0.717, 1.165) is 12.5 Å². The zero-order chi connectivity index (χ0) is 14.9. The number of carbonyl (C=O) groups is 1. The highest BCUT2D eigenvalue weighted by Gasteiger charge is 2.26. The first-order valence-electron chi connectivity index (χ1n) is 6.31. The highest BCUT2D eigenvalue weighted by Crippen LogP contribution is 2.20. The standard InChI is InChI=1S/C12H18N2O5S/c1-7(9-3-4-18-6-9)14-12(15)10-5-11(8(2)19-10)20(13,16)17/h5,7,9H,3-4,6H2,1-2H3,(H,14,15)(H2,13,16,17). The Labute approximate surface area is 117 Å². The van der Waals surface area contributed by atoms with Crippen molar-refractivity contribution in [1.29, 1.82) is 0 Å². The fourth-order valence-corrected chi connectivity index (χ4v) is 2.92. The van der Waals surface area contributed by atoms with Crippen LogP contribution in [0, 0.1) is 12.8 Å². The Morgan fingerprint density at radius 2 is 2.25 bits per heavy atom. The van der Waals surface area contributed by atoms with Crippen LogP contribution in [-0.2, 0) is 14.8 Å². The summed E-state index contributed by atoms with van der Waals surface area (Å²) >= 11 is 0. The molecule has 8 heteroatoms. The molecule has 2 rings (SSSR count). The SMILES string of the molecule is Cc1oc(C(=O)NC(C)C2CCOC2)cc1S(N)(=O)=O. The van der Waals surface area contributed by atoms with Crippen molar-refractivity contribution in [2.75, 3.05) is 13.2 Å². The van der Waals surface area contributed by atoms with Crippen LogP contribution in [0.25, 0.3) is 0 Å². The summed E-state index contributed by atoms with van der Waals surface area (Å²) in [4.78, 5) is 11.9. The fraction of sp³-hybridized carbons (Fsp3) is 0.583. The lowest BCUT2D eigenvalue weighted by Gasteiger charge is -2.18. The van der Waals surface area contributed by atoms with E-state index in [1.54, 1.807) is 0 Å². The number of sulfonamides is 1. The number of hydrogen-bond donors (Lipinski definition) is 2. The van der Waals surface area contributed by atoms with Crippen LogP contribution >= 0.6 is 0 Å². The normalized spacial score (nSPS) is 20.9. The highest BCUT2D eigenvalue weighted by molar-refractivity contribution is 7.89. The molecule has 2 atom stereocenters. The van der Waals surface area contributed by atoms with Gasteiger partial charge in [0.05, 0.1) is 6.61 Å². The van der Waals surface area contributed by atoms with Crippen LogP contribution in [0.2, 0.25) is 0 Å². The predicted octanol–water partition coefficient (Wildman–Crippen LogP) is 0.390. The van der Waals surface area contributed by atoms with Crippen LogP contribution in [-0.4, -0.2) is 33.6 Å². The maximum absolute atomic E-state index is 12.0. The first-order valence-corrected chi connectivity index (χ1v) is 7.85. The van der Waals surface area contributed by atoms with Gasteiger partial charge >= 0.3 is 0 Å². The summed E-state index contributed by atoms with van der Waals surface area (Å²) in [6.45, 7) is 4.64. The number of amides is 1. The van der Waals surface area contributed by atoms with E-state index in [1.165, 1.54) is 6.92 Å². The molecule has 112 valence electrons. The van der Waals surface area contributed by atoms with Crippen molar-refractivity contribution in [3.8, 4) is 0 Å². The largest absolute Gasteiger partial charge is 0.455 e. The molecule has 0 spiro atoms. The van der Waals surface area contributed by atoms with Gasteiger partial charge in [0.1, 0.15) is 10.7 Å². The van der Waals surface area contributed by atoms with Crippen LogP contribution in [0.5, 0.6) is 0 Å². The van der Waals surface area contributed by atoms with Crippen molar-refractivity contribution in [3.63, 3.8) is 0 Å². The first-order chi connectivity index (χ1) is 9.29. The Morgan fingerprint density at radius 1 is 1.55 bits per heavy atom. The molecule has 3 N–H and O–H groups in total. The number of rotatable bonds is 4. The Hall–Kier alpha value is -1.38. The third kappa shape index (κ3) is 3.20. The molecule has 1 saturated heterocycles. The van der Waals surface area contributed by atoms with Gasteiger partial charge in [-0.05, 0) is 20.3 Å². The smallest absolute Gasteiger partial charge is 0.287 e. The van der Waals surface area contributed by atoms with Crippen LogP contribution in [0.15, 0.2) is 15.4 Å². The van der Waals surface area contributed by atoms with Crippen molar-refractivity contribution in [2.45, 2.75) is 31.2 Å². The minimum Gasteiger partial charge on any atom is -0.455 e. The zero-order valence-electron chi connectivity index (χ0n) is 11.4. The van der Waals surface area contributed by atoms with Gasteiger partial charge in [0, 0.05) is 24.6 Å². The van der Waals surface area contributed by atoms with Gasteiger partial charge in [-0.15, -0.1) is 0 Å². The van der Waals surface area contributed by atoms with E-state index in [-0.39, 0.29) is 28.4 Å². The average Bonchev–Trinajstić information content (AvgIpc) is 2.95. The lowest BCUT2D eigenvalue weighted by atomic mass is 10.0. The molecule has 0 saturated carbocycles. The molecule has 0 bridgehead atoms. The minimum absolute atomic E-state index is 0.0581. The molecule has 1 aromatic heterocycles. The van der Waals surface area contributed by atoms with Gasteiger partial charge in [0.25, 0.3) is 5.91 Å². The minimum atomic E-state index is -3.88. The van der Waals surface area contributed by atoms with Crippen LogP contribution in [0.4, 0.5) is 0 Å². The van der Waals surface area contributed by atoms with Crippen LogP contribution < -0.4 is 10.5 Å². The van der Waals surface area contributed by atoms with Crippen molar-refractivity contribution < 1.29 is 22.4 Å². The molecule has 0 aliphatic carbocycles. The summed E-state index contributed by atoms with van der Waals surface area (Å²) in [6.07, 6.45) is 0.890. The summed E-state index contributed by atoms with van der Waals surface area (Å²) in [7, 11) is -3.88. The van der Waals surface area contributed by atoms with Gasteiger partial charge < -0.3 is 14.5 Å². The van der Waals surface area contributed by atoms with Gasteiger partial charge in [0.15, 0.2) is 5.76 Å². The average molecular weight is 302 g/mol. The number of ether oxygens (including phenoxy) is 1. The van der Waals surface area contributed by atoms with Gasteiger partial charge in [0.2, 0.25) is 10.0 Å². The summed E-state index contributed by atoms with van der Waals surface area (Å²) in [5.41, 5.74) is 0. The summed E-state index contributed by atoms with van der Waals surface area (Å²) < 4.78 is 33.0. The monoisotopic (exact) mass is 302 g/mol. The Bertz CT molecular complexity index is 601. The Kier molecular flexibility index (Phi) is 4.17. The number of primary sulfonamides is 1. The molecule has 0 radical (unpaired) electrons. The number of carbonyl (C=O) groups excluding carboxylic acids is 1. The quantitative estimate of drug-likeness (QED) is 0.835. The Morgan fingerprint density at radius 3 is 2.75 bits per heavy atom. The second kappa shape index (κ2) is 5.55. The number of nitrogens with one attached hydrogen (secondary N) is 1. The van der Waals surface area contributed by atoms with E-state index in [1.807, 2.05) is 6.92 Å². The third-order valence-electron chi connectivity index (χ3n) is 3.43. The second-order valence-electron chi connectivity index (χ2n) is 4.96. The van der Waals surface area contributed by atoms with E-state index in [9.17, 15) is 13.2 Å². The zero-order valence-corrected chi connectivity index (χ0v) is 12.2. The van der Waals surface area contributed by atoms with E-state index in [4.69, 9.17) is 14.3 Å². The molecule has 2 heterocycles. The van der Waals surface area contributed by atoms with Crippen LogP contribution in [0.1, 0.15) is 29.7 Å². The maximum atomic E-state index is 12.0. The summed E-state index contributed by atoms with van der Waals surface area (Å²) in [5.74, 6) is -0.151. The number of hydrogen-bond acceptors (Lipinski definition) is 5. The van der Waals surface area contributed by atoms with Crippen molar-refractivity contribution >= 4 is 15.9 Å². The molecule has 1 aliphatic rings. The summed E-state index contributed by atoms with van der Waals surface area (Å²) in [5, 5.41) is 7.82. The fourth-order valence-electron chi connectivity index (χ4n) is 2.20. The highest BCUT2D eigenvalue weighted by atomic mass is 32.2. The van der Waals surface area contributed by atoms with Gasteiger partial charge in [-0.1, -0.05) is 0 Å². The lowest BCUT2D eigenvalue weighted by Crippen LogP contribution is -2.38. The lowest BCUT2D eigenvalue weighted by molar-refractivity contribution is 0.0893. The molecular weight excluding hydrogens is 284 g/mol. The molecule has 20 heavy (non-hydrogen) atoms. The number of nitrogens with two attached hydrogens (primary N) is 1. The molecule has 0 aromatic carbocycles. The first kappa shape index (κ1) is 15.0. The topological polar surface area (TPSA) is 112 Å². The molecule has 7 nitrogen and oxygen atoms in total. The molecular formula is C12H18N2O5S.